The molecular weight excluding hydrogens is 656 g/mol. The van der Waals surface area contributed by atoms with E-state index >= 15 is 0 Å². The molecule has 0 aromatic heterocycles. The monoisotopic (exact) mass is 731 g/mol. The minimum atomic E-state index is -0.566. The van der Waals surface area contributed by atoms with Crippen molar-refractivity contribution in [3.8, 4) is 0 Å². The van der Waals surface area contributed by atoms with Crippen LogP contribution in [-0.4, -0.2) is 86.9 Å². The van der Waals surface area contributed by atoms with Crippen LogP contribution in [0, 0.1) is 23.7 Å². The SMILES string of the molecule is C.C.C.C.C.C.O=C(CCCCCOC(=O)C1CC2OC2CC1C(=O)OCCCCCC(=O)OCC1CCC2OC2C1)OCC1CCC2OC2C1. The first-order valence-electron chi connectivity index (χ1n) is 17.5. The molecule has 3 saturated heterocycles. The molecule has 11 nitrogen and oxygen atoms in total. The van der Waals surface area contributed by atoms with Gasteiger partial charge >= 0.3 is 23.9 Å². The lowest BCUT2D eigenvalue weighted by Crippen LogP contribution is -2.37. The molecule has 0 radical (unpaired) electrons. The Balaban J connectivity index is 0.00000417. The van der Waals surface area contributed by atoms with Crippen molar-refractivity contribution in [2.24, 2.45) is 23.7 Å². The largest absolute Gasteiger partial charge is 0.465 e. The van der Waals surface area contributed by atoms with Gasteiger partial charge in [0.15, 0.2) is 0 Å². The molecule has 51 heavy (non-hydrogen) atoms. The lowest BCUT2D eigenvalue weighted by molar-refractivity contribution is -0.162. The van der Waals surface area contributed by atoms with Gasteiger partial charge in [-0.1, -0.05) is 44.6 Å². The second-order valence-electron chi connectivity index (χ2n) is 14.0. The highest BCUT2D eigenvalue weighted by Crippen LogP contribution is 2.44. The van der Waals surface area contributed by atoms with Gasteiger partial charge in [-0.3, -0.25) is 19.2 Å². The van der Waals surface area contributed by atoms with Gasteiger partial charge < -0.3 is 33.2 Å². The topological polar surface area (TPSA) is 143 Å². The quantitative estimate of drug-likeness (QED) is 0.0585. The minimum Gasteiger partial charge on any atom is -0.465 e. The van der Waals surface area contributed by atoms with Gasteiger partial charge in [0.25, 0.3) is 0 Å². The Kier molecular flexibility index (Phi) is 22.4. The van der Waals surface area contributed by atoms with Gasteiger partial charge in [0, 0.05) is 12.8 Å². The van der Waals surface area contributed by atoms with E-state index in [1.807, 2.05) is 0 Å². The third-order valence-electron chi connectivity index (χ3n) is 10.5. The van der Waals surface area contributed by atoms with Gasteiger partial charge in [0.1, 0.15) is 0 Å². The van der Waals surface area contributed by atoms with Crippen LogP contribution >= 0.6 is 0 Å². The van der Waals surface area contributed by atoms with E-state index in [0.29, 0.717) is 101 Å². The third-order valence-corrected chi connectivity index (χ3v) is 10.5. The Morgan fingerprint density at radius 1 is 0.431 bits per heavy atom. The van der Waals surface area contributed by atoms with E-state index in [-0.39, 0.29) is 93.9 Å². The Morgan fingerprint density at radius 2 is 0.804 bits per heavy atom. The molecule has 0 bridgehead atoms. The highest BCUT2D eigenvalue weighted by atomic mass is 16.6. The van der Waals surface area contributed by atoms with Crippen LogP contribution in [0.1, 0.15) is 147 Å². The molecule has 3 aliphatic heterocycles. The van der Waals surface area contributed by atoms with Crippen molar-refractivity contribution in [1.29, 1.82) is 0 Å². The molecule has 3 aliphatic carbocycles. The molecule has 3 heterocycles. The Bertz CT molecular complexity index is 969. The molecule has 300 valence electrons. The fourth-order valence-corrected chi connectivity index (χ4v) is 7.44. The molecule has 10 unspecified atom stereocenters. The number of fused-ring (bicyclic) bond motifs is 3. The van der Waals surface area contributed by atoms with Crippen LogP contribution in [0.15, 0.2) is 0 Å². The van der Waals surface area contributed by atoms with Gasteiger partial charge in [-0.25, -0.2) is 0 Å². The molecule has 6 fully saturated rings. The maximum atomic E-state index is 12.9. The normalized spacial score (nSPS) is 31.4. The molecule has 0 spiro atoms. The summed E-state index contributed by atoms with van der Waals surface area (Å²) in [6, 6.07) is 0. The number of unbranched alkanes of at least 4 members (excludes halogenated alkanes) is 4. The van der Waals surface area contributed by atoms with Crippen LogP contribution in [0.3, 0.4) is 0 Å². The number of hydrogen-bond acceptors (Lipinski definition) is 11. The molecule has 10 atom stereocenters. The van der Waals surface area contributed by atoms with E-state index in [0.717, 1.165) is 51.4 Å². The van der Waals surface area contributed by atoms with Crippen LogP contribution in [0.5, 0.6) is 0 Å². The van der Waals surface area contributed by atoms with Crippen molar-refractivity contribution in [1.82, 2.24) is 0 Å². The molecule has 11 heteroatoms. The Labute approximate surface area is 309 Å². The summed E-state index contributed by atoms with van der Waals surface area (Å²) in [7, 11) is 0. The van der Waals surface area contributed by atoms with Crippen molar-refractivity contribution < 1.29 is 52.3 Å². The van der Waals surface area contributed by atoms with Crippen LogP contribution < -0.4 is 0 Å². The fourth-order valence-electron chi connectivity index (χ4n) is 7.44. The van der Waals surface area contributed by atoms with Crippen molar-refractivity contribution >= 4 is 23.9 Å². The molecule has 3 saturated carbocycles. The summed E-state index contributed by atoms with van der Waals surface area (Å²) in [6.07, 6.45) is 13.8. The lowest BCUT2D eigenvalue weighted by Gasteiger charge is -2.26. The zero-order valence-electron chi connectivity index (χ0n) is 26.4. The van der Waals surface area contributed by atoms with E-state index in [1.54, 1.807) is 0 Å². The van der Waals surface area contributed by atoms with E-state index in [9.17, 15) is 19.2 Å². The van der Waals surface area contributed by atoms with Crippen LogP contribution in [0.4, 0.5) is 0 Å². The predicted octanol–water partition coefficient (Wildman–Crippen LogP) is 8.03. The third kappa shape index (κ3) is 15.0. The molecule has 0 amide bonds. The second-order valence-corrected chi connectivity index (χ2v) is 14.0. The molecule has 6 aliphatic rings. The molecule has 0 aromatic carbocycles. The first kappa shape index (κ1) is 48.8. The van der Waals surface area contributed by atoms with Crippen molar-refractivity contribution in [2.75, 3.05) is 26.4 Å². The summed E-state index contributed by atoms with van der Waals surface area (Å²) in [4.78, 5) is 50.0. The highest BCUT2D eigenvalue weighted by Gasteiger charge is 2.53. The van der Waals surface area contributed by atoms with E-state index in [2.05, 4.69) is 0 Å². The van der Waals surface area contributed by atoms with Crippen molar-refractivity contribution in [3.63, 3.8) is 0 Å². The maximum Gasteiger partial charge on any atom is 0.309 e. The van der Waals surface area contributed by atoms with Crippen LogP contribution in [0.25, 0.3) is 0 Å². The maximum absolute atomic E-state index is 12.9. The summed E-state index contributed by atoms with van der Waals surface area (Å²) in [5.41, 5.74) is 0. The van der Waals surface area contributed by atoms with Crippen molar-refractivity contribution in [2.45, 2.75) is 184 Å². The average molecular weight is 731 g/mol. The van der Waals surface area contributed by atoms with E-state index in [1.165, 1.54) is 0 Å². The number of carbonyl (C=O) groups excluding carboxylic acids is 4. The molecule has 0 aromatic rings. The van der Waals surface area contributed by atoms with Gasteiger partial charge in [0.05, 0.1) is 74.9 Å². The zero-order valence-corrected chi connectivity index (χ0v) is 26.4. The summed E-state index contributed by atoms with van der Waals surface area (Å²) in [6.45, 7) is 1.47. The fraction of sp³-hybridized carbons (Fsp3) is 0.900. The number of esters is 4. The van der Waals surface area contributed by atoms with Gasteiger partial charge in [-0.05, 0) is 102 Å². The van der Waals surface area contributed by atoms with Gasteiger partial charge in [0.2, 0.25) is 0 Å². The smallest absolute Gasteiger partial charge is 0.309 e. The number of rotatable bonds is 18. The first-order valence-corrected chi connectivity index (χ1v) is 17.5. The van der Waals surface area contributed by atoms with E-state index < -0.39 is 11.8 Å². The zero-order chi connectivity index (χ0) is 31.2. The summed E-state index contributed by atoms with van der Waals surface area (Å²) in [5, 5.41) is 0. The summed E-state index contributed by atoms with van der Waals surface area (Å²) in [5.74, 6) is -1.41. The Morgan fingerprint density at radius 3 is 1.20 bits per heavy atom. The summed E-state index contributed by atoms with van der Waals surface area (Å²) < 4.78 is 38.7. The molecular formula is C40H74O11. The highest BCUT2D eigenvalue weighted by molar-refractivity contribution is 5.82. The number of ether oxygens (including phenoxy) is 7. The number of carbonyl (C=O) groups is 4. The second kappa shape index (κ2) is 23.4. The predicted molar refractivity (Wildman–Crippen MR) is 198 cm³/mol. The first-order chi connectivity index (χ1) is 21.9. The van der Waals surface area contributed by atoms with E-state index in [4.69, 9.17) is 33.2 Å². The minimum absolute atomic E-state index is 0. The number of epoxide rings is 3. The molecule has 0 N–H and O–H groups in total. The average Bonchev–Trinajstić information content (AvgIpc) is 3.93. The van der Waals surface area contributed by atoms with Crippen LogP contribution in [0.2, 0.25) is 0 Å². The molecule has 6 rings (SSSR count). The summed E-state index contributed by atoms with van der Waals surface area (Å²) >= 11 is 0. The van der Waals surface area contributed by atoms with Gasteiger partial charge in [-0.15, -0.1) is 0 Å². The van der Waals surface area contributed by atoms with Crippen molar-refractivity contribution in [3.05, 3.63) is 0 Å². The van der Waals surface area contributed by atoms with Gasteiger partial charge in [-0.2, -0.15) is 0 Å². The standard InChI is InChI=1S/C34H50O11.6CH4/c35-31(41-19-21-9-11-25-27(15-21)43-25)7-3-1-5-13-39-33(37)23-17-29-30(45-29)18-24(23)34(38)40-14-6-2-4-8-32(36)42-20-22-10-12-26-28(16-22)44-26;;;;;;/h21-30H,1-20H2;6*1H4. The lowest BCUT2D eigenvalue weighted by atomic mass is 9.79. The Hall–Kier alpha value is -2.24. The number of hydrogen-bond donors (Lipinski definition) is 0. The van der Waals surface area contributed by atoms with Crippen LogP contribution in [-0.2, 0) is 52.3 Å².